The highest BCUT2D eigenvalue weighted by atomic mass is 16.5. The van der Waals surface area contributed by atoms with E-state index in [1.165, 1.54) is 70.8 Å². The van der Waals surface area contributed by atoms with Crippen LogP contribution in [-0.2, 0) is 4.74 Å². The van der Waals surface area contributed by atoms with Gasteiger partial charge in [0.25, 0.3) is 0 Å². The minimum atomic E-state index is 0.305. The molecule has 0 aromatic rings. The maximum absolute atomic E-state index is 6.08. The van der Waals surface area contributed by atoms with E-state index in [1.54, 1.807) is 0 Å². The first-order valence-electron chi connectivity index (χ1n) is 8.67. The normalized spacial score (nSPS) is 27.2. The summed E-state index contributed by atoms with van der Waals surface area (Å²) in [4.78, 5) is 0. The van der Waals surface area contributed by atoms with E-state index in [1.807, 2.05) is 0 Å². The van der Waals surface area contributed by atoms with Gasteiger partial charge < -0.3 is 10.1 Å². The Morgan fingerprint density at radius 2 is 2.05 bits per heavy atom. The maximum atomic E-state index is 6.08. The largest absolute Gasteiger partial charge is 0.375 e. The van der Waals surface area contributed by atoms with E-state index < -0.39 is 0 Å². The smallest absolute Gasteiger partial charge is 0.0685 e. The number of unbranched alkanes of at least 4 members (excludes halogenated alkanes) is 2. The first kappa shape index (κ1) is 15.3. The fraction of sp³-hybridized carbons (Fsp3) is 1.00. The highest BCUT2D eigenvalue weighted by molar-refractivity contribution is 4.96. The van der Waals surface area contributed by atoms with Crippen molar-refractivity contribution >= 4 is 0 Å². The molecule has 1 saturated carbocycles. The lowest BCUT2D eigenvalue weighted by Gasteiger charge is -2.49. The zero-order valence-corrected chi connectivity index (χ0v) is 13.0. The quantitative estimate of drug-likeness (QED) is 0.663. The predicted molar refractivity (Wildman–Crippen MR) is 81.5 cm³/mol. The summed E-state index contributed by atoms with van der Waals surface area (Å²) in [5.74, 6) is 0.859. The van der Waals surface area contributed by atoms with E-state index in [9.17, 15) is 0 Å². The van der Waals surface area contributed by atoms with Crippen LogP contribution in [0.4, 0.5) is 0 Å². The Hall–Kier alpha value is -0.0800. The summed E-state index contributed by atoms with van der Waals surface area (Å²) >= 11 is 0. The summed E-state index contributed by atoms with van der Waals surface area (Å²) in [7, 11) is 0. The molecule has 2 rings (SSSR count). The molecule has 2 nitrogen and oxygen atoms in total. The van der Waals surface area contributed by atoms with Crippen LogP contribution in [-0.4, -0.2) is 24.8 Å². The molecule has 0 aromatic carbocycles. The Balaban J connectivity index is 1.84. The third-order valence-electron chi connectivity index (χ3n) is 5.14. The highest BCUT2D eigenvalue weighted by Crippen LogP contribution is 2.45. The van der Waals surface area contributed by atoms with Crippen molar-refractivity contribution in [3.63, 3.8) is 0 Å². The van der Waals surface area contributed by atoms with Crippen LogP contribution in [0.5, 0.6) is 0 Å². The zero-order valence-electron chi connectivity index (χ0n) is 13.0. The molecule has 1 aliphatic heterocycles. The van der Waals surface area contributed by atoms with Crippen molar-refractivity contribution in [1.82, 2.24) is 5.32 Å². The van der Waals surface area contributed by atoms with Crippen LogP contribution < -0.4 is 5.32 Å². The second kappa shape index (κ2) is 7.64. The van der Waals surface area contributed by atoms with Gasteiger partial charge >= 0.3 is 0 Å². The molecule has 0 aromatic heterocycles. The van der Waals surface area contributed by atoms with Crippen molar-refractivity contribution < 1.29 is 4.74 Å². The molecule has 1 heterocycles. The Bertz CT molecular complexity index is 250. The third-order valence-corrected chi connectivity index (χ3v) is 5.14. The molecule has 1 N–H and O–H groups in total. The summed E-state index contributed by atoms with van der Waals surface area (Å²) in [6.07, 6.45) is 13.3. The van der Waals surface area contributed by atoms with Gasteiger partial charge in [-0.1, -0.05) is 33.1 Å². The molecule has 2 heteroatoms. The van der Waals surface area contributed by atoms with Gasteiger partial charge in [0.15, 0.2) is 0 Å². The second-order valence-electron chi connectivity index (χ2n) is 6.69. The van der Waals surface area contributed by atoms with E-state index in [4.69, 9.17) is 4.74 Å². The first-order valence-corrected chi connectivity index (χ1v) is 8.67. The summed E-state index contributed by atoms with van der Waals surface area (Å²) in [5.41, 5.74) is 0.305. The van der Waals surface area contributed by atoms with Crippen LogP contribution in [0.3, 0.4) is 0 Å². The zero-order chi connectivity index (χ0) is 13.6. The Labute approximate surface area is 119 Å². The number of hydrogen-bond donors (Lipinski definition) is 1. The van der Waals surface area contributed by atoms with Crippen molar-refractivity contribution in [2.75, 3.05) is 13.2 Å². The van der Waals surface area contributed by atoms with Gasteiger partial charge in [0, 0.05) is 12.6 Å². The van der Waals surface area contributed by atoms with Crippen LogP contribution in [0.15, 0.2) is 0 Å². The van der Waals surface area contributed by atoms with Crippen molar-refractivity contribution in [3.05, 3.63) is 0 Å². The lowest BCUT2D eigenvalue weighted by molar-refractivity contribution is -0.147. The Morgan fingerprint density at radius 1 is 1.21 bits per heavy atom. The monoisotopic (exact) mass is 267 g/mol. The fourth-order valence-corrected chi connectivity index (χ4v) is 3.78. The third kappa shape index (κ3) is 4.19. The standard InChI is InChI=1S/C17H33NO/c1-3-5-6-8-16(18-12-4-2)15-9-13-19-17(14-15)10-7-11-17/h15-16,18H,3-14H2,1-2H3. The molecule has 2 unspecified atom stereocenters. The maximum Gasteiger partial charge on any atom is 0.0685 e. The first-order chi connectivity index (χ1) is 9.29. The predicted octanol–water partition coefficient (Wildman–Crippen LogP) is 4.28. The van der Waals surface area contributed by atoms with Gasteiger partial charge in [-0.05, 0) is 57.4 Å². The molecule has 1 aliphatic carbocycles. The van der Waals surface area contributed by atoms with Crippen LogP contribution >= 0.6 is 0 Å². The lowest BCUT2D eigenvalue weighted by Crippen LogP contribution is -2.50. The molecule has 2 fully saturated rings. The van der Waals surface area contributed by atoms with E-state index in [0.29, 0.717) is 5.60 Å². The van der Waals surface area contributed by atoms with E-state index >= 15 is 0 Å². The minimum Gasteiger partial charge on any atom is -0.375 e. The Kier molecular flexibility index (Phi) is 6.15. The summed E-state index contributed by atoms with van der Waals surface area (Å²) in [5, 5.41) is 3.83. The van der Waals surface area contributed by atoms with Gasteiger partial charge in [-0.2, -0.15) is 0 Å². The molecule has 1 saturated heterocycles. The SMILES string of the molecule is CCCCCC(NCCC)C1CCOC2(CCC2)C1. The van der Waals surface area contributed by atoms with Gasteiger partial charge in [-0.25, -0.2) is 0 Å². The van der Waals surface area contributed by atoms with Gasteiger partial charge in [0.1, 0.15) is 0 Å². The van der Waals surface area contributed by atoms with Gasteiger partial charge in [0.2, 0.25) is 0 Å². The Morgan fingerprint density at radius 3 is 2.68 bits per heavy atom. The van der Waals surface area contributed by atoms with Crippen molar-refractivity contribution in [2.24, 2.45) is 5.92 Å². The van der Waals surface area contributed by atoms with E-state index in [2.05, 4.69) is 19.2 Å². The van der Waals surface area contributed by atoms with Gasteiger partial charge in [-0.15, -0.1) is 0 Å². The van der Waals surface area contributed by atoms with Crippen molar-refractivity contribution in [3.8, 4) is 0 Å². The topological polar surface area (TPSA) is 21.3 Å². The van der Waals surface area contributed by atoms with Crippen LogP contribution in [0.2, 0.25) is 0 Å². The number of nitrogens with one attached hydrogen (secondary N) is 1. The van der Waals surface area contributed by atoms with Crippen molar-refractivity contribution in [2.45, 2.75) is 89.7 Å². The lowest BCUT2D eigenvalue weighted by atomic mass is 9.70. The van der Waals surface area contributed by atoms with Gasteiger partial charge in [0.05, 0.1) is 5.60 Å². The summed E-state index contributed by atoms with van der Waals surface area (Å²) < 4.78 is 6.08. The average molecular weight is 267 g/mol. The molecule has 2 atom stereocenters. The van der Waals surface area contributed by atoms with Crippen molar-refractivity contribution in [1.29, 1.82) is 0 Å². The summed E-state index contributed by atoms with van der Waals surface area (Å²) in [6, 6.07) is 0.743. The molecular weight excluding hydrogens is 234 g/mol. The minimum absolute atomic E-state index is 0.305. The number of ether oxygens (including phenoxy) is 1. The van der Waals surface area contributed by atoms with Crippen LogP contribution in [0.1, 0.15) is 78.1 Å². The van der Waals surface area contributed by atoms with Crippen LogP contribution in [0, 0.1) is 5.92 Å². The summed E-state index contributed by atoms with van der Waals surface area (Å²) in [6.45, 7) is 6.75. The molecule has 0 bridgehead atoms. The highest BCUT2D eigenvalue weighted by Gasteiger charge is 2.43. The van der Waals surface area contributed by atoms with Crippen LogP contribution in [0.25, 0.3) is 0 Å². The number of hydrogen-bond acceptors (Lipinski definition) is 2. The molecule has 19 heavy (non-hydrogen) atoms. The van der Waals surface area contributed by atoms with Gasteiger partial charge in [-0.3, -0.25) is 0 Å². The molecular formula is C17H33NO. The number of rotatable bonds is 8. The second-order valence-corrected chi connectivity index (χ2v) is 6.69. The molecule has 2 aliphatic rings. The van der Waals surface area contributed by atoms with E-state index in [0.717, 1.165) is 18.6 Å². The molecule has 0 radical (unpaired) electrons. The fourth-order valence-electron chi connectivity index (χ4n) is 3.78. The average Bonchev–Trinajstić information content (AvgIpc) is 2.41. The molecule has 0 amide bonds. The van der Waals surface area contributed by atoms with E-state index in [-0.39, 0.29) is 0 Å². The molecule has 112 valence electrons. The molecule has 1 spiro atoms.